The first-order valence-electron chi connectivity index (χ1n) is 7.49. The van der Waals surface area contributed by atoms with Gasteiger partial charge in [-0.05, 0) is 31.5 Å². The number of aliphatic hydroxyl groups excluding tert-OH is 1. The smallest absolute Gasteiger partial charge is 0.374 e. The molecule has 0 aliphatic rings. The summed E-state index contributed by atoms with van der Waals surface area (Å²) in [5, 5.41) is 9.33. The summed E-state index contributed by atoms with van der Waals surface area (Å²) in [7, 11) is 1.33. The fourth-order valence-corrected chi connectivity index (χ4v) is 2.45. The molecule has 0 aliphatic heterocycles. The molecule has 1 unspecified atom stereocenters. The summed E-state index contributed by atoms with van der Waals surface area (Å²) >= 11 is 0. The number of carbonyl (C=O) groups is 1. The van der Waals surface area contributed by atoms with E-state index in [2.05, 4.69) is 9.88 Å². The molecule has 0 amide bonds. The van der Waals surface area contributed by atoms with E-state index in [1.165, 1.54) is 7.11 Å². The van der Waals surface area contributed by atoms with Crippen LogP contribution in [-0.2, 0) is 11.3 Å². The Labute approximate surface area is 135 Å². The second-order valence-electron chi connectivity index (χ2n) is 5.38. The number of hydrogen-bond donors (Lipinski definition) is 1. The molecule has 0 saturated carbocycles. The molecule has 6 nitrogen and oxygen atoms in total. The molecular formula is C17H22N2O4. The lowest BCUT2D eigenvalue weighted by atomic mass is 10.1. The number of methoxy groups -OCH3 is 1. The summed E-state index contributed by atoms with van der Waals surface area (Å²) in [6, 6.07) is 5.60. The van der Waals surface area contributed by atoms with E-state index in [1.54, 1.807) is 12.4 Å². The standard InChI is InChI=1S/C17H22N2O4/c1-12-9-15(23-16(12)17(21)22-3)13(2)19(7-8-20)11-14-5-4-6-18-10-14/h4-6,9-10,13,20H,7-8,11H2,1-3H3. The SMILES string of the molecule is COC(=O)c1oc(C(C)N(CCO)Cc2cccnc2)cc1C. The van der Waals surface area contributed by atoms with E-state index < -0.39 is 5.97 Å². The molecule has 0 bridgehead atoms. The minimum absolute atomic E-state index is 0.0359. The van der Waals surface area contributed by atoms with Gasteiger partial charge in [0.2, 0.25) is 5.76 Å². The van der Waals surface area contributed by atoms with Gasteiger partial charge in [-0.2, -0.15) is 0 Å². The zero-order valence-corrected chi connectivity index (χ0v) is 13.7. The average Bonchev–Trinajstić information content (AvgIpc) is 2.96. The van der Waals surface area contributed by atoms with Crippen LogP contribution in [-0.4, -0.2) is 41.2 Å². The number of esters is 1. The van der Waals surface area contributed by atoms with Crippen molar-refractivity contribution in [3.05, 3.63) is 53.2 Å². The third kappa shape index (κ3) is 4.18. The number of furan rings is 1. The van der Waals surface area contributed by atoms with Crippen molar-refractivity contribution in [2.75, 3.05) is 20.3 Å². The highest BCUT2D eigenvalue weighted by Gasteiger charge is 2.23. The van der Waals surface area contributed by atoms with Crippen molar-refractivity contribution in [3.8, 4) is 0 Å². The molecular weight excluding hydrogens is 296 g/mol. The Morgan fingerprint density at radius 3 is 2.91 bits per heavy atom. The number of aliphatic hydroxyl groups is 1. The van der Waals surface area contributed by atoms with Crippen LogP contribution in [0.5, 0.6) is 0 Å². The fourth-order valence-electron chi connectivity index (χ4n) is 2.45. The summed E-state index contributed by atoms with van der Waals surface area (Å²) in [5.41, 5.74) is 1.79. The highest BCUT2D eigenvalue weighted by Crippen LogP contribution is 2.26. The van der Waals surface area contributed by atoms with Gasteiger partial charge in [0.05, 0.1) is 19.8 Å². The van der Waals surface area contributed by atoms with E-state index in [0.717, 1.165) is 11.1 Å². The van der Waals surface area contributed by atoms with Crippen molar-refractivity contribution >= 4 is 5.97 Å². The average molecular weight is 318 g/mol. The molecule has 2 aromatic rings. The molecule has 1 atom stereocenters. The predicted molar refractivity (Wildman–Crippen MR) is 84.9 cm³/mol. The van der Waals surface area contributed by atoms with E-state index in [9.17, 15) is 9.90 Å². The van der Waals surface area contributed by atoms with Gasteiger partial charge in [0, 0.05) is 31.0 Å². The van der Waals surface area contributed by atoms with Gasteiger partial charge in [-0.25, -0.2) is 4.79 Å². The molecule has 2 heterocycles. The number of aryl methyl sites for hydroxylation is 1. The highest BCUT2D eigenvalue weighted by atomic mass is 16.5. The van der Waals surface area contributed by atoms with Crippen LogP contribution in [0, 0.1) is 6.92 Å². The van der Waals surface area contributed by atoms with Crippen molar-refractivity contribution in [1.82, 2.24) is 9.88 Å². The minimum Gasteiger partial charge on any atom is -0.463 e. The first-order chi connectivity index (χ1) is 11.1. The van der Waals surface area contributed by atoms with Gasteiger partial charge in [0.1, 0.15) is 5.76 Å². The van der Waals surface area contributed by atoms with Crippen molar-refractivity contribution in [1.29, 1.82) is 0 Å². The quantitative estimate of drug-likeness (QED) is 0.790. The molecule has 0 saturated heterocycles. The van der Waals surface area contributed by atoms with Crippen LogP contribution in [0.15, 0.2) is 35.0 Å². The third-order valence-corrected chi connectivity index (χ3v) is 3.76. The number of pyridine rings is 1. The van der Waals surface area contributed by atoms with E-state index in [1.807, 2.05) is 32.0 Å². The second-order valence-corrected chi connectivity index (χ2v) is 5.38. The zero-order chi connectivity index (χ0) is 16.8. The van der Waals surface area contributed by atoms with E-state index in [0.29, 0.717) is 18.8 Å². The van der Waals surface area contributed by atoms with Gasteiger partial charge in [0.25, 0.3) is 0 Å². The van der Waals surface area contributed by atoms with Crippen LogP contribution >= 0.6 is 0 Å². The zero-order valence-electron chi connectivity index (χ0n) is 13.7. The Hall–Kier alpha value is -2.18. The van der Waals surface area contributed by atoms with Crippen LogP contribution < -0.4 is 0 Å². The maximum Gasteiger partial charge on any atom is 0.374 e. The molecule has 2 rings (SSSR count). The van der Waals surface area contributed by atoms with Gasteiger partial charge < -0.3 is 14.3 Å². The van der Waals surface area contributed by atoms with Gasteiger partial charge in [-0.15, -0.1) is 0 Å². The van der Waals surface area contributed by atoms with Crippen LogP contribution in [0.1, 0.15) is 40.4 Å². The Morgan fingerprint density at radius 2 is 2.30 bits per heavy atom. The summed E-state index contributed by atoms with van der Waals surface area (Å²) in [6.07, 6.45) is 3.52. The van der Waals surface area contributed by atoms with E-state index >= 15 is 0 Å². The van der Waals surface area contributed by atoms with Crippen LogP contribution in [0.25, 0.3) is 0 Å². The van der Waals surface area contributed by atoms with Crippen molar-refractivity contribution in [2.24, 2.45) is 0 Å². The molecule has 2 aromatic heterocycles. The lowest BCUT2D eigenvalue weighted by Gasteiger charge is -2.27. The largest absolute Gasteiger partial charge is 0.463 e. The van der Waals surface area contributed by atoms with Crippen LogP contribution in [0.2, 0.25) is 0 Å². The molecule has 6 heteroatoms. The molecule has 124 valence electrons. The van der Waals surface area contributed by atoms with Crippen LogP contribution in [0.3, 0.4) is 0 Å². The molecule has 23 heavy (non-hydrogen) atoms. The van der Waals surface area contributed by atoms with E-state index in [4.69, 9.17) is 9.15 Å². The van der Waals surface area contributed by atoms with Crippen molar-refractivity contribution in [2.45, 2.75) is 26.4 Å². The molecule has 0 spiro atoms. The lowest BCUT2D eigenvalue weighted by Crippen LogP contribution is -2.29. The Kier molecular flexibility index (Phi) is 5.90. The molecule has 0 radical (unpaired) electrons. The summed E-state index contributed by atoms with van der Waals surface area (Å²) in [4.78, 5) is 17.9. The number of nitrogens with zero attached hydrogens (tertiary/aromatic N) is 2. The lowest BCUT2D eigenvalue weighted by molar-refractivity contribution is 0.0555. The van der Waals surface area contributed by atoms with Gasteiger partial charge in [-0.1, -0.05) is 6.07 Å². The maximum absolute atomic E-state index is 11.7. The fraction of sp³-hybridized carbons (Fsp3) is 0.412. The number of aromatic nitrogens is 1. The number of carbonyl (C=O) groups excluding carboxylic acids is 1. The first-order valence-corrected chi connectivity index (χ1v) is 7.49. The van der Waals surface area contributed by atoms with Gasteiger partial charge in [0.15, 0.2) is 0 Å². The Bertz CT molecular complexity index is 639. The summed E-state index contributed by atoms with van der Waals surface area (Å²) in [5.74, 6) is 0.404. The Balaban J connectivity index is 2.20. The molecule has 1 N–H and O–H groups in total. The molecule has 0 aromatic carbocycles. The molecule has 0 aliphatic carbocycles. The van der Waals surface area contributed by atoms with Crippen molar-refractivity contribution < 1.29 is 19.1 Å². The highest BCUT2D eigenvalue weighted by molar-refractivity contribution is 5.87. The third-order valence-electron chi connectivity index (χ3n) is 3.76. The summed E-state index contributed by atoms with van der Waals surface area (Å²) in [6.45, 7) is 4.94. The van der Waals surface area contributed by atoms with Gasteiger partial charge in [-0.3, -0.25) is 9.88 Å². The monoisotopic (exact) mass is 318 g/mol. The minimum atomic E-state index is -0.484. The number of rotatable bonds is 7. The predicted octanol–water partition coefficient (Wildman–Crippen LogP) is 2.33. The van der Waals surface area contributed by atoms with E-state index in [-0.39, 0.29) is 18.4 Å². The summed E-state index contributed by atoms with van der Waals surface area (Å²) < 4.78 is 10.4. The topological polar surface area (TPSA) is 75.8 Å². The Morgan fingerprint density at radius 1 is 1.52 bits per heavy atom. The van der Waals surface area contributed by atoms with Crippen molar-refractivity contribution in [3.63, 3.8) is 0 Å². The first kappa shape index (κ1) is 17.2. The molecule has 0 fully saturated rings. The number of ether oxygens (including phenoxy) is 1. The normalized spacial score (nSPS) is 12.4. The van der Waals surface area contributed by atoms with Crippen LogP contribution in [0.4, 0.5) is 0 Å². The second kappa shape index (κ2) is 7.89. The maximum atomic E-state index is 11.7. The number of hydrogen-bond acceptors (Lipinski definition) is 6. The van der Waals surface area contributed by atoms with Gasteiger partial charge >= 0.3 is 5.97 Å².